The molecule has 0 fully saturated rings. The molecule has 0 aliphatic heterocycles. The predicted molar refractivity (Wildman–Crippen MR) is 247 cm³/mol. The third kappa shape index (κ3) is 7.68. The van der Waals surface area contributed by atoms with E-state index in [1.807, 2.05) is 0 Å². The van der Waals surface area contributed by atoms with E-state index in [0.29, 0.717) is 0 Å². The second-order valence-corrected chi connectivity index (χ2v) is 16.0. The summed E-state index contributed by atoms with van der Waals surface area (Å²) in [6, 6.07) is 62.4. The highest BCUT2D eigenvalue weighted by Crippen LogP contribution is 2.40. The fourth-order valence-electron chi connectivity index (χ4n) is 9.03. The van der Waals surface area contributed by atoms with E-state index in [0.717, 1.165) is 0 Å². The highest BCUT2D eigenvalue weighted by Gasteiger charge is 2.18. The first-order valence-electron chi connectivity index (χ1n) is 20.9. The lowest BCUT2D eigenvalue weighted by molar-refractivity contribution is 0.911. The molecular formula is C56H51N. The van der Waals surface area contributed by atoms with Crippen molar-refractivity contribution in [3.8, 4) is 0 Å². The molecule has 280 valence electrons. The lowest BCUT2D eigenvalue weighted by atomic mass is 9.97. The molecule has 0 unspecified atom stereocenters. The van der Waals surface area contributed by atoms with Crippen molar-refractivity contribution in [2.45, 2.75) is 65.7 Å². The van der Waals surface area contributed by atoms with E-state index < -0.39 is 0 Å². The fraction of sp³-hybridized carbons (Fsp3) is 0.179. The van der Waals surface area contributed by atoms with E-state index in [1.54, 1.807) is 11.1 Å². The van der Waals surface area contributed by atoms with Gasteiger partial charge in [-0.05, 0) is 172 Å². The second kappa shape index (κ2) is 16.1. The van der Waals surface area contributed by atoms with Gasteiger partial charge in [-0.2, -0.15) is 0 Å². The van der Waals surface area contributed by atoms with Crippen LogP contribution in [0.2, 0.25) is 0 Å². The van der Waals surface area contributed by atoms with Gasteiger partial charge in [-0.1, -0.05) is 146 Å². The minimum atomic E-state index is 1.17. The van der Waals surface area contributed by atoms with Crippen LogP contribution in [0.4, 0.5) is 17.1 Å². The zero-order valence-corrected chi connectivity index (χ0v) is 33.6. The molecule has 0 radical (unpaired) electrons. The SMILES string of the molecule is CCc1ccc2c(c1)CCC2.Cc1cc2ccc(N(c3ccc4c(c3)CCC4)c3ccc4ccccc4c3)cc2c2ccccc12.Cc1ccc2ccccc2c1. The smallest absolute Gasteiger partial charge is 0.0468 e. The van der Waals surface area contributed by atoms with E-state index in [9.17, 15) is 0 Å². The molecular weight excluding hydrogens is 687 g/mol. The van der Waals surface area contributed by atoms with Crippen LogP contribution in [0.3, 0.4) is 0 Å². The first kappa shape index (κ1) is 36.5. The van der Waals surface area contributed by atoms with Gasteiger partial charge in [0.1, 0.15) is 0 Å². The summed E-state index contributed by atoms with van der Waals surface area (Å²) in [5.74, 6) is 0. The number of hydrogen-bond donors (Lipinski definition) is 0. The molecule has 0 amide bonds. The van der Waals surface area contributed by atoms with Crippen LogP contribution >= 0.6 is 0 Å². The molecule has 0 spiro atoms. The molecule has 0 bridgehead atoms. The Bertz CT molecular complexity index is 2880. The van der Waals surface area contributed by atoms with Gasteiger partial charge in [0, 0.05) is 17.1 Å². The standard InChI is InChI=1S/C34H27N.C11H10.C11H14/c1-23-19-28-15-18-31(22-34(28)33-12-5-4-11-32(23)33)35(30-17-14-25-9-6-10-27(25)21-30)29-16-13-24-7-2-3-8-26(24)20-29;1-9-6-7-10-4-2-3-5-11(10)8-9;1-2-9-6-7-10-4-3-5-11(10)8-9/h2-5,7-8,11-22H,6,9-10H2,1H3;2-8H,1H3;6-8H,2-5H2,1H3. The molecule has 11 rings (SSSR count). The fourth-order valence-corrected chi connectivity index (χ4v) is 9.03. The van der Waals surface area contributed by atoms with Crippen LogP contribution in [0, 0.1) is 13.8 Å². The topological polar surface area (TPSA) is 3.24 Å². The van der Waals surface area contributed by atoms with Crippen molar-refractivity contribution in [1.29, 1.82) is 0 Å². The molecule has 9 aromatic rings. The van der Waals surface area contributed by atoms with E-state index in [4.69, 9.17) is 0 Å². The van der Waals surface area contributed by atoms with Crippen LogP contribution in [0.25, 0.3) is 43.1 Å². The number of hydrogen-bond acceptors (Lipinski definition) is 1. The van der Waals surface area contributed by atoms with E-state index in [1.165, 1.54) is 133 Å². The summed E-state index contributed by atoms with van der Waals surface area (Å²) in [4.78, 5) is 2.43. The number of rotatable bonds is 4. The molecule has 1 nitrogen and oxygen atoms in total. The lowest BCUT2D eigenvalue weighted by Crippen LogP contribution is -2.10. The Morgan fingerprint density at radius 2 is 0.912 bits per heavy atom. The van der Waals surface area contributed by atoms with Crippen LogP contribution in [0.1, 0.15) is 58.7 Å². The quantitative estimate of drug-likeness (QED) is 0.163. The highest BCUT2D eigenvalue weighted by molar-refractivity contribution is 6.10. The number of anilines is 3. The van der Waals surface area contributed by atoms with Crippen LogP contribution in [-0.2, 0) is 32.1 Å². The van der Waals surface area contributed by atoms with Crippen molar-refractivity contribution in [1.82, 2.24) is 0 Å². The summed E-state index contributed by atoms with van der Waals surface area (Å²) in [6.07, 6.45) is 8.79. The molecule has 0 saturated carbocycles. The lowest BCUT2D eigenvalue weighted by Gasteiger charge is -2.27. The first-order valence-corrected chi connectivity index (χ1v) is 20.9. The van der Waals surface area contributed by atoms with Gasteiger partial charge in [-0.3, -0.25) is 0 Å². The van der Waals surface area contributed by atoms with Crippen LogP contribution in [-0.4, -0.2) is 0 Å². The minimum absolute atomic E-state index is 1.17. The Kier molecular flexibility index (Phi) is 10.3. The Morgan fingerprint density at radius 3 is 1.63 bits per heavy atom. The summed E-state index contributed by atoms with van der Waals surface area (Å²) in [5.41, 5.74) is 13.9. The molecule has 2 aliphatic carbocycles. The maximum atomic E-state index is 2.43. The van der Waals surface area contributed by atoms with Gasteiger partial charge >= 0.3 is 0 Å². The van der Waals surface area contributed by atoms with Crippen LogP contribution in [0.15, 0.2) is 170 Å². The predicted octanol–water partition coefficient (Wildman–Crippen LogP) is 15.3. The van der Waals surface area contributed by atoms with Gasteiger partial charge in [-0.15, -0.1) is 0 Å². The molecule has 57 heavy (non-hydrogen) atoms. The summed E-state index contributed by atoms with van der Waals surface area (Å²) < 4.78 is 0. The molecule has 0 heterocycles. The minimum Gasteiger partial charge on any atom is -0.310 e. The Morgan fingerprint density at radius 1 is 0.386 bits per heavy atom. The molecule has 0 N–H and O–H groups in total. The largest absolute Gasteiger partial charge is 0.310 e. The van der Waals surface area contributed by atoms with Crippen molar-refractivity contribution in [2.75, 3.05) is 4.90 Å². The summed E-state index contributed by atoms with van der Waals surface area (Å²) >= 11 is 0. The number of nitrogens with zero attached hydrogens (tertiary/aromatic N) is 1. The normalized spacial score (nSPS) is 12.8. The third-order valence-electron chi connectivity index (χ3n) is 12.1. The highest BCUT2D eigenvalue weighted by atomic mass is 15.1. The van der Waals surface area contributed by atoms with Gasteiger partial charge in [0.2, 0.25) is 0 Å². The maximum absolute atomic E-state index is 2.43. The van der Waals surface area contributed by atoms with Crippen molar-refractivity contribution in [3.05, 3.63) is 209 Å². The van der Waals surface area contributed by atoms with Crippen LogP contribution in [0.5, 0.6) is 0 Å². The van der Waals surface area contributed by atoms with Crippen molar-refractivity contribution in [3.63, 3.8) is 0 Å². The van der Waals surface area contributed by atoms with Crippen LogP contribution < -0.4 is 4.90 Å². The second-order valence-electron chi connectivity index (χ2n) is 16.0. The Labute approximate surface area is 338 Å². The van der Waals surface area contributed by atoms with E-state index in [-0.39, 0.29) is 0 Å². The zero-order chi connectivity index (χ0) is 38.7. The number of aryl methyl sites for hydroxylation is 7. The number of benzene rings is 9. The van der Waals surface area contributed by atoms with E-state index >= 15 is 0 Å². The van der Waals surface area contributed by atoms with Gasteiger partial charge in [-0.25, -0.2) is 0 Å². The third-order valence-corrected chi connectivity index (χ3v) is 12.1. The average Bonchev–Trinajstić information content (AvgIpc) is 3.94. The van der Waals surface area contributed by atoms with Crippen molar-refractivity contribution in [2.24, 2.45) is 0 Å². The Hall–Kier alpha value is -6.18. The molecule has 1 heteroatoms. The van der Waals surface area contributed by atoms with Crippen molar-refractivity contribution < 1.29 is 0 Å². The molecule has 9 aromatic carbocycles. The van der Waals surface area contributed by atoms with Crippen molar-refractivity contribution >= 4 is 60.2 Å². The zero-order valence-electron chi connectivity index (χ0n) is 33.6. The van der Waals surface area contributed by atoms with Gasteiger partial charge in [0.25, 0.3) is 0 Å². The molecule has 0 aromatic heterocycles. The van der Waals surface area contributed by atoms with Gasteiger partial charge in [0.05, 0.1) is 0 Å². The monoisotopic (exact) mass is 737 g/mol. The van der Waals surface area contributed by atoms with E-state index in [2.05, 4.69) is 196 Å². The first-order chi connectivity index (χ1) is 28.0. The molecule has 0 saturated heterocycles. The Balaban J connectivity index is 0.000000155. The summed E-state index contributed by atoms with van der Waals surface area (Å²) in [7, 11) is 0. The molecule has 0 atom stereocenters. The van der Waals surface area contributed by atoms with Gasteiger partial charge < -0.3 is 4.90 Å². The summed E-state index contributed by atoms with van der Waals surface area (Å²) in [5, 5.41) is 10.4. The summed E-state index contributed by atoms with van der Waals surface area (Å²) in [6.45, 7) is 6.55. The van der Waals surface area contributed by atoms with Gasteiger partial charge in [0.15, 0.2) is 0 Å². The average molecular weight is 738 g/mol. The maximum Gasteiger partial charge on any atom is 0.0468 e. The number of fused-ring (bicyclic) bond motifs is 7. The molecule has 2 aliphatic rings.